The Kier molecular flexibility index (Phi) is 4.08. The van der Waals surface area contributed by atoms with Crippen molar-refractivity contribution in [2.24, 2.45) is 35.5 Å². The van der Waals surface area contributed by atoms with Crippen LogP contribution >= 0.6 is 0 Å². The van der Waals surface area contributed by atoms with Gasteiger partial charge in [-0.25, -0.2) is 0 Å². The Labute approximate surface area is 156 Å². The molecule has 0 N–H and O–H groups in total. The molecule has 0 spiro atoms. The van der Waals surface area contributed by atoms with Crippen molar-refractivity contribution in [2.75, 3.05) is 0 Å². The number of benzene rings is 1. The summed E-state index contributed by atoms with van der Waals surface area (Å²) in [6.07, 6.45) is 8.84. The van der Waals surface area contributed by atoms with Crippen LogP contribution in [0.3, 0.4) is 0 Å². The van der Waals surface area contributed by atoms with Crippen LogP contribution in [0.1, 0.15) is 50.0 Å². The summed E-state index contributed by atoms with van der Waals surface area (Å²) in [5.41, 5.74) is 1.34. The molecule has 4 bridgehead atoms. The Hall–Kier alpha value is -0.0513. The van der Waals surface area contributed by atoms with Crippen LogP contribution < -0.4 is 0 Å². The molecule has 0 heterocycles. The van der Waals surface area contributed by atoms with E-state index in [1.54, 1.807) is 6.07 Å². The van der Waals surface area contributed by atoms with Gasteiger partial charge >= 0.3 is 157 Å². The molecule has 0 aromatic heterocycles. The van der Waals surface area contributed by atoms with Crippen molar-refractivity contribution < 1.29 is 4.39 Å². The fourth-order valence-corrected chi connectivity index (χ4v) is 17.9. The van der Waals surface area contributed by atoms with Gasteiger partial charge in [-0.2, -0.15) is 0 Å². The molecule has 1 aromatic rings. The first-order valence-corrected chi connectivity index (χ1v) is 20.9. The Balaban J connectivity index is 1.55. The van der Waals surface area contributed by atoms with Gasteiger partial charge in [0.05, 0.1) is 0 Å². The molecule has 5 rings (SSSR count). The van der Waals surface area contributed by atoms with Crippen LogP contribution in [-0.4, -0.2) is 18.4 Å². The normalized spacial score (nSPS) is 45.4. The van der Waals surface area contributed by atoms with E-state index < -0.39 is 18.4 Å². The molecule has 8 atom stereocenters. The Morgan fingerprint density at radius 3 is 2.20 bits per heavy atom. The van der Waals surface area contributed by atoms with Gasteiger partial charge in [-0.15, -0.1) is 0 Å². The summed E-state index contributed by atoms with van der Waals surface area (Å²) in [6, 6.07) is 7.69. The van der Waals surface area contributed by atoms with Crippen LogP contribution in [0.25, 0.3) is 0 Å². The molecule has 2 heteroatoms. The third-order valence-corrected chi connectivity index (χ3v) is 16.8. The molecule has 0 amide bonds. The molecule has 4 saturated carbocycles. The van der Waals surface area contributed by atoms with Crippen LogP contribution in [0.4, 0.5) is 4.39 Å². The summed E-state index contributed by atoms with van der Waals surface area (Å²) in [5, 5.41) is 0. The predicted molar refractivity (Wildman–Crippen MR) is 105 cm³/mol. The van der Waals surface area contributed by atoms with Crippen LogP contribution in [-0.2, 0) is 0 Å². The van der Waals surface area contributed by atoms with Crippen molar-refractivity contribution in [3.8, 4) is 0 Å². The molecule has 25 heavy (non-hydrogen) atoms. The zero-order chi connectivity index (χ0) is 17.3. The van der Waals surface area contributed by atoms with E-state index in [0.29, 0.717) is 5.92 Å². The summed E-state index contributed by atoms with van der Waals surface area (Å²) in [5.74, 6) is 6.33. The fourth-order valence-electron chi connectivity index (χ4n) is 8.27. The van der Waals surface area contributed by atoms with E-state index >= 15 is 0 Å². The van der Waals surface area contributed by atoms with Gasteiger partial charge in [-0.1, -0.05) is 0 Å². The average Bonchev–Trinajstić information content (AvgIpc) is 3.31. The molecule has 4 aliphatic carbocycles. The van der Waals surface area contributed by atoms with E-state index in [1.807, 2.05) is 12.1 Å². The minimum atomic E-state index is -1.95. The molecule has 0 radical (unpaired) electrons. The molecule has 136 valence electrons. The number of halogens is 1. The summed E-state index contributed by atoms with van der Waals surface area (Å²) in [7, 11) is 0. The maximum atomic E-state index is 14.0. The molecule has 0 unspecified atom stereocenters. The molecular weight excluding hydrogens is 414 g/mol. The van der Waals surface area contributed by atoms with E-state index in [0.717, 1.165) is 39.4 Å². The van der Waals surface area contributed by atoms with Gasteiger partial charge < -0.3 is 0 Å². The number of hydrogen-bond acceptors (Lipinski definition) is 0. The van der Waals surface area contributed by atoms with Gasteiger partial charge in [0.1, 0.15) is 0 Å². The predicted octanol–water partition coefficient (Wildman–Crippen LogP) is 6.71. The maximum absolute atomic E-state index is 14.0. The Morgan fingerprint density at radius 2 is 1.48 bits per heavy atom. The van der Waals surface area contributed by atoms with Crippen LogP contribution in [0, 0.1) is 41.3 Å². The number of fused-ring (bicyclic) bond motifs is 4. The number of rotatable bonds is 3. The third kappa shape index (κ3) is 2.65. The van der Waals surface area contributed by atoms with E-state index in [-0.39, 0.29) is 5.82 Å². The Morgan fingerprint density at radius 1 is 0.840 bits per heavy atom. The Bertz CT molecular complexity index is 662. The van der Waals surface area contributed by atoms with Gasteiger partial charge in [0.25, 0.3) is 0 Å². The van der Waals surface area contributed by atoms with Gasteiger partial charge in [0.15, 0.2) is 0 Å². The SMILES string of the molecule is [CH3][Sn]([CH3])([CH3])[C@H]1[C@@H]2CC[C@@H](C2)[C@H]1[C@@H]1[C@H]2CC[C@H](C2)[C@@H]1c1cccc(F)c1. The fraction of sp³-hybridized carbons (Fsp3) is 0.739. The van der Waals surface area contributed by atoms with Gasteiger partial charge in [-0.05, 0) is 0 Å². The van der Waals surface area contributed by atoms with Crippen molar-refractivity contribution in [3.05, 3.63) is 35.6 Å². The van der Waals surface area contributed by atoms with E-state index in [9.17, 15) is 4.39 Å². The van der Waals surface area contributed by atoms with Gasteiger partial charge in [0, 0.05) is 0 Å². The first-order chi connectivity index (χ1) is 11.9. The number of hydrogen-bond donors (Lipinski definition) is 0. The van der Waals surface area contributed by atoms with Gasteiger partial charge in [0.2, 0.25) is 0 Å². The molecule has 0 nitrogen and oxygen atoms in total. The average molecular weight is 447 g/mol. The molecule has 0 saturated heterocycles. The molecule has 4 aliphatic rings. The van der Waals surface area contributed by atoms with Crippen molar-refractivity contribution in [1.29, 1.82) is 0 Å². The summed E-state index contributed by atoms with van der Waals surface area (Å²) < 4.78 is 15.1. The quantitative estimate of drug-likeness (QED) is 0.452. The van der Waals surface area contributed by atoms with Crippen LogP contribution in [0.15, 0.2) is 24.3 Å². The molecular formula is C23H33FSn. The second kappa shape index (κ2) is 5.97. The molecule has 4 fully saturated rings. The van der Waals surface area contributed by atoms with E-state index in [4.69, 9.17) is 0 Å². The second-order valence-corrected chi connectivity index (χ2v) is 26.2. The van der Waals surface area contributed by atoms with Crippen LogP contribution in [0.5, 0.6) is 0 Å². The first-order valence-electron chi connectivity index (χ1n) is 10.7. The zero-order valence-corrected chi connectivity index (χ0v) is 18.9. The van der Waals surface area contributed by atoms with Crippen molar-refractivity contribution in [3.63, 3.8) is 0 Å². The zero-order valence-electron chi connectivity index (χ0n) is 16.0. The monoisotopic (exact) mass is 448 g/mol. The van der Waals surface area contributed by atoms with Crippen molar-refractivity contribution >= 4 is 18.4 Å². The topological polar surface area (TPSA) is 0 Å². The molecule has 0 aliphatic heterocycles. The third-order valence-electron chi connectivity index (χ3n) is 8.64. The standard InChI is InChI=1S/C20H24F.3CH3.Sn/c21-17-3-1-2-14(11-17)19-15-6-7-16(10-15)20(19)18-9-12-4-5-13(18)8-12;;;;/h1-3,9,11-13,15-16,18-20H,4-8,10H2;3*1H3;/t12-,13+,15-,16+,18+,19+,20+;;;;/m1..../s1. The summed E-state index contributed by atoms with van der Waals surface area (Å²) in [6.45, 7) is 0. The van der Waals surface area contributed by atoms with Crippen LogP contribution in [0.2, 0.25) is 18.8 Å². The first kappa shape index (κ1) is 17.1. The van der Waals surface area contributed by atoms with Gasteiger partial charge in [-0.3, -0.25) is 0 Å². The van der Waals surface area contributed by atoms with E-state index in [2.05, 4.69) is 20.9 Å². The van der Waals surface area contributed by atoms with E-state index in [1.165, 1.54) is 44.1 Å². The van der Waals surface area contributed by atoms with Crippen molar-refractivity contribution in [1.82, 2.24) is 0 Å². The molecule has 1 aromatic carbocycles. The second-order valence-electron chi connectivity index (χ2n) is 10.8. The summed E-state index contributed by atoms with van der Waals surface area (Å²) >= 11 is -1.95. The van der Waals surface area contributed by atoms with Crippen molar-refractivity contribution in [2.45, 2.75) is 63.2 Å². The minimum absolute atomic E-state index is 0.0292. The summed E-state index contributed by atoms with van der Waals surface area (Å²) in [4.78, 5) is 8.08.